The van der Waals surface area contributed by atoms with Crippen LogP contribution >= 0.6 is 0 Å². The lowest BCUT2D eigenvalue weighted by atomic mass is 10.0. The molecule has 3 N–H and O–H groups in total. The first-order valence-electron chi connectivity index (χ1n) is 10.0. The van der Waals surface area contributed by atoms with Gasteiger partial charge in [0.05, 0.1) is 18.4 Å². The highest BCUT2D eigenvalue weighted by atomic mass is 16.5. The minimum Gasteiger partial charge on any atom is -0.490 e. The molecular weight excluding hydrogens is 368 g/mol. The van der Waals surface area contributed by atoms with Crippen molar-refractivity contribution in [3.63, 3.8) is 0 Å². The Morgan fingerprint density at radius 2 is 1.93 bits per heavy atom. The summed E-state index contributed by atoms with van der Waals surface area (Å²) in [5.74, 6) is 0.501. The lowest BCUT2D eigenvalue weighted by Gasteiger charge is -2.32. The van der Waals surface area contributed by atoms with Crippen molar-refractivity contribution in [2.45, 2.75) is 25.4 Å². The van der Waals surface area contributed by atoms with Crippen molar-refractivity contribution in [1.29, 1.82) is 0 Å². The van der Waals surface area contributed by atoms with Gasteiger partial charge in [-0.15, -0.1) is 0 Å². The second-order valence-corrected chi connectivity index (χ2v) is 7.48. The van der Waals surface area contributed by atoms with Crippen LogP contribution in [0.25, 0.3) is 5.70 Å². The van der Waals surface area contributed by atoms with Crippen molar-refractivity contribution < 1.29 is 19.7 Å². The Morgan fingerprint density at radius 1 is 1.14 bits per heavy atom. The van der Waals surface area contributed by atoms with E-state index in [1.165, 1.54) is 0 Å². The van der Waals surface area contributed by atoms with Gasteiger partial charge in [0.2, 0.25) is 0 Å². The normalized spacial score (nSPS) is 19.9. The standard InChI is InChI=1S/C23H26N2O4/c26-11-12-29-22-4-2-1-3-20(22)21-14-16-5-6-18(15-17(13-16)23(28)24-21)25-9-7-19(27)8-10-25/h1-6,14-15,19,26-27H,7-13H2,(H,24,28). The van der Waals surface area contributed by atoms with Crippen LogP contribution in [0.4, 0.5) is 0 Å². The number of hydrogen-bond acceptors (Lipinski definition) is 5. The number of rotatable bonds is 5. The van der Waals surface area contributed by atoms with Gasteiger partial charge in [0.1, 0.15) is 12.4 Å². The van der Waals surface area contributed by atoms with Crippen LogP contribution < -0.4 is 10.1 Å². The van der Waals surface area contributed by atoms with Crippen LogP contribution in [-0.2, 0) is 4.79 Å². The van der Waals surface area contributed by atoms with E-state index in [-0.39, 0.29) is 25.2 Å². The van der Waals surface area contributed by atoms with Gasteiger partial charge in [-0.1, -0.05) is 18.2 Å². The van der Waals surface area contributed by atoms with Crippen LogP contribution in [0.5, 0.6) is 5.75 Å². The fraction of sp³-hybridized carbons (Fsp3) is 0.348. The molecule has 1 amide bonds. The molecule has 0 atom stereocenters. The van der Waals surface area contributed by atoms with Gasteiger partial charge in [0.15, 0.2) is 0 Å². The second-order valence-electron chi connectivity index (χ2n) is 7.48. The number of carbonyl (C=O) groups excluding carboxylic acids is 1. The molecule has 3 aliphatic rings. The number of para-hydroxylation sites is 1. The number of carbonyl (C=O) groups is 1. The Kier molecular flexibility index (Phi) is 5.83. The molecule has 0 spiro atoms. The van der Waals surface area contributed by atoms with Gasteiger partial charge in [-0.3, -0.25) is 4.79 Å². The van der Waals surface area contributed by atoms with Gasteiger partial charge in [-0.2, -0.15) is 0 Å². The summed E-state index contributed by atoms with van der Waals surface area (Å²) >= 11 is 0. The third kappa shape index (κ3) is 4.44. The lowest BCUT2D eigenvalue weighted by Crippen LogP contribution is -2.35. The molecule has 0 radical (unpaired) electrons. The van der Waals surface area contributed by atoms with Gasteiger partial charge in [-0.05, 0) is 48.8 Å². The molecule has 1 fully saturated rings. The predicted molar refractivity (Wildman–Crippen MR) is 111 cm³/mol. The average Bonchev–Trinajstić information content (AvgIpc) is 3.04. The fourth-order valence-corrected chi connectivity index (χ4v) is 3.85. The average molecular weight is 394 g/mol. The molecule has 2 aliphatic heterocycles. The minimum absolute atomic E-state index is 0.0706. The van der Waals surface area contributed by atoms with E-state index in [9.17, 15) is 9.90 Å². The number of amides is 1. The molecule has 1 saturated heterocycles. The zero-order valence-electron chi connectivity index (χ0n) is 16.3. The molecule has 2 bridgehead atoms. The molecule has 6 nitrogen and oxygen atoms in total. The summed E-state index contributed by atoms with van der Waals surface area (Å²) in [4.78, 5) is 15.2. The lowest BCUT2D eigenvalue weighted by molar-refractivity contribution is -0.116. The third-order valence-corrected chi connectivity index (χ3v) is 5.41. The molecular formula is C23H26N2O4. The summed E-state index contributed by atoms with van der Waals surface area (Å²) in [6, 6.07) is 7.49. The Bertz CT molecular complexity index is 905. The van der Waals surface area contributed by atoms with Crippen LogP contribution in [0.1, 0.15) is 24.8 Å². The highest BCUT2D eigenvalue weighted by Crippen LogP contribution is 2.31. The monoisotopic (exact) mass is 394 g/mol. The Morgan fingerprint density at radius 3 is 2.72 bits per heavy atom. The number of benzene rings is 1. The minimum atomic E-state index is -0.229. The van der Waals surface area contributed by atoms with Gasteiger partial charge in [0.25, 0.3) is 5.91 Å². The van der Waals surface area contributed by atoms with Crippen LogP contribution in [0.15, 0.2) is 65.4 Å². The number of piperidine rings is 1. The van der Waals surface area contributed by atoms with E-state index in [0.717, 1.165) is 42.8 Å². The van der Waals surface area contributed by atoms with E-state index >= 15 is 0 Å². The van der Waals surface area contributed by atoms with Crippen molar-refractivity contribution in [2.24, 2.45) is 0 Å². The number of hydrogen-bond donors (Lipinski definition) is 3. The third-order valence-electron chi connectivity index (χ3n) is 5.41. The summed E-state index contributed by atoms with van der Waals surface area (Å²) in [6.07, 6.45) is 9.89. The first-order chi connectivity index (χ1) is 14.1. The zero-order valence-corrected chi connectivity index (χ0v) is 16.3. The Hall–Kier alpha value is -2.83. The molecule has 0 unspecified atom stereocenters. The maximum Gasteiger partial charge on any atom is 0.252 e. The second kappa shape index (κ2) is 8.68. The van der Waals surface area contributed by atoms with E-state index in [0.29, 0.717) is 23.4 Å². The molecule has 2 heterocycles. The quantitative estimate of drug-likeness (QED) is 0.713. The Labute approximate surface area is 170 Å². The maximum absolute atomic E-state index is 13.0. The van der Waals surface area contributed by atoms with E-state index in [1.54, 1.807) is 0 Å². The molecule has 1 aromatic carbocycles. The predicted octanol–water partition coefficient (Wildman–Crippen LogP) is 2.13. The molecule has 29 heavy (non-hydrogen) atoms. The number of aliphatic hydroxyl groups excluding tert-OH is 2. The summed E-state index contributed by atoms with van der Waals surface area (Å²) in [5, 5.41) is 21.8. The van der Waals surface area contributed by atoms with Gasteiger partial charge in [0, 0.05) is 36.3 Å². The fourth-order valence-electron chi connectivity index (χ4n) is 3.85. The van der Waals surface area contributed by atoms with Crippen molar-refractivity contribution in [3.8, 4) is 5.75 Å². The first kappa shape index (κ1) is 19.5. The summed E-state index contributed by atoms with van der Waals surface area (Å²) in [7, 11) is 0. The number of fused-ring (bicyclic) bond motifs is 2. The number of likely N-dealkylation sites (tertiary alicyclic amines) is 1. The van der Waals surface area contributed by atoms with Crippen LogP contribution in [0, 0.1) is 0 Å². The summed E-state index contributed by atoms with van der Waals surface area (Å²) in [6.45, 7) is 1.71. The number of nitrogens with zero attached hydrogens (tertiary/aromatic N) is 1. The van der Waals surface area contributed by atoms with Crippen molar-refractivity contribution in [2.75, 3.05) is 26.3 Å². The van der Waals surface area contributed by atoms with Crippen molar-refractivity contribution in [1.82, 2.24) is 10.2 Å². The molecule has 1 aromatic rings. The van der Waals surface area contributed by atoms with Crippen LogP contribution in [0.2, 0.25) is 0 Å². The first-order valence-corrected chi connectivity index (χ1v) is 10.0. The maximum atomic E-state index is 13.0. The molecule has 1 aliphatic carbocycles. The molecule has 0 saturated carbocycles. The van der Waals surface area contributed by atoms with E-state index < -0.39 is 0 Å². The summed E-state index contributed by atoms with van der Waals surface area (Å²) < 4.78 is 5.64. The molecule has 0 aromatic heterocycles. The molecule has 6 heteroatoms. The summed E-state index contributed by atoms with van der Waals surface area (Å²) in [5.41, 5.74) is 4.24. The van der Waals surface area contributed by atoms with E-state index in [2.05, 4.69) is 22.4 Å². The topological polar surface area (TPSA) is 82.0 Å². The van der Waals surface area contributed by atoms with E-state index in [4.69, 9.17) is 9.84 Å². The molecule has 4 rings (SSSR count). The number of nitrogens with one attached hydrogen (secondary N) is 1. The van der Waals surface area contributed by atoms with Gasteiger partial charge >= 0.3 is 0 Å². The van der Waals surface area contributed by atoms with Crippen molar-refractivity contribution >= 4 is 11.6 Å². The van der Waals surface area contributed by atoms with Crippen LogP contribution in [0.3, 0.4) is 0 Å². The smallest absolute Gasteiger partial charge is 0.252 e. The SMILES string of the molecule is O=C1NC(c2ccccc2OCCO)=CC2=CC=C(N3CCC(O)CC3)C=C1C2. The number of allylic oxidation sites excluding steroid dienone is 5. The largest absolute Gasteiger partial charge is 0.490 e. The van der Waals surface area contributed by atoms with Crippen LogP contribution in [-0.4, -0.2) is 53.4 Å². The number of aliphatic hydroxyl groups is 2. The highest BCUT2D eigenvalue weighted by Gasteiger charge is 2.24. The number of ether oxygens (including phenoxy) is 1. The van der Waals surface area contributed by atoms with Gasteiger partial charge in [-0.25, -0.2) is 0 Å². The van der Waals surface area contributed by atoms with E-state index in [1.807, 2.05) is 36.4 Å². The Balaban J connectivity index is 1.65. The van der Waals surface area contributed by atoms with Gasteiger partial charge < -0.3 is 25.2 Å². The molecule has 152 valence electrons. The zero-order chi connectivity index (χ0) is 20.2. The highest BCUT2D eigenvalue weighted by molar-refractivity contribution is 6.02. The van der Waals surface area contributed by atoms with Crippen molar-refractivity contribution in [3.05, 3.63) is 71.0 Å².